The Balaban J connectivity index is 1.60. The molecule has 1 heterocycles. The highest BCUT2D eigenvalue weighted by molar-refractivity contribution is 8.00. The highest BCUT2D eigenvalue weighted by atomic mass is 32.2. The van der Waals surface area contributed by atoms with Crippen LogP contribution in [0.4, 0.5) is 4.39 Å². The van der Waals surface area contributed by atoms with Crippen molar-refractivity contribution in [1.82, 2.24) is 20.2 Å². The number of nitrogen functional groups attached to an aromatic ring is 1. The molecule has 146 valence electrons. The minimum atomic E-state index is -0.425. The van der Waals surface area contributed by atoms with Crippen LogP contribution in [0.15, 0.2) is 53.7 Å². The molecule has 0 saturated carbocycles. The van der Waals surface area contributed by atoms with Gasteiger partial charge in [-0.25, -0.2) is 9.07 Å². The van der Waals surface area contributed by atoms with Gasteiger partial charge in [0.2, 0.25) is 11.1 Å². The van der Waals surface area contributed by atoms with Gasteiger partial charge in [-0.3, -0.25) is 4.79 Å². The normalized spacial score (nSPS) is 11.8. The molecule has 1 amide bonds. The summed E-state index contributed by atoms with van der Waals surface area (Å²) in [6.07, 6.45) is 0. The van der Waals surface area contributed by atoms with Crippen LogP contribution in [-0.2, 0) is 11.3 Å². The molecule has 1 aromatic heterocycles. The van der Waals surface area contributed by atoms with Crippen LogP contribution in [0.1, 0.15) is 12.5 Å². The molecule has 3 N–H and O–H groups in total. The number of ether oxygens (including phenoxy) is 1. The van der Waals surface area contributed by atoms with Gasteiger partial charge >= 0.3 is 0 Å². The molecular formula is C19H20FN5O2S. The number of nitrogens with two attached hydrogens (primary N) is 1. The van der Waals surface area contributed by atoms with Gasteiger partial charge in [-0.15, -0.1) is 10.2 Å². The first-order valence-electron chi connectivity index (χ1n) is 8.51. The van der Waals surface area contributed by atoms with Crippen molar-refractivity contribution < 1.29 is 13.9 Å². The van der Waals surface area contributed by atoms with E-state index in [0.29, 0.717) is 23.1 Å². The third-order valence-corrected chi connectivity index (χ3v) is 5.10. The van der Waals surface area contributed by atoms with Crippen molar-refractivity contribution in [3.05, 3.63) is 59.9 Å². The molecule has 0 aliphatic rings. The van der Waals surface area contributed by atoms with E-state index in [-0.39, 0.29) is 11.7 Å². The zero-order chi connectivity index (χ0) is 20.1. The molecule has 28 heavy (non-hydrogen) atoms. The van der Waals surface area contributed by atoms with E-state index < -0.39 is 5.25 Å². The average Bonchev–Trinajstić information content (AvgIpc) is 3.07. The third-order valence-electron chi connectivity index (χ3n) is 4.04. The second kappa shape index (κ2) is 8.75. The Bertz CT molecular complexity index is 944. The van der Waals surface area contributed by atoms with E-state index in [2.05, 4.69) is 15.5 Å². The van der Waals surface area contributed by atoms with Crippen LogP contribution in [0.25, 0.3) is 11.4 Å². The summed E-state index contributed by atoms with van der Waals surface area (Å²) < 4.78 is 19.5. The lowest BCUT2D eigenvalue weighted by molar-refractivity contribution is -0.120. The summed E-state index contributed by atoms with van der Waals surface area (Å²) in [5, 5.41) is 10.9. The molecule has 0 saturated heterocycles. The average molecular weight is 401 g/mol. The second-order valence-corrected chi connectivity index (χ2v) is 7.32. The molecule has 0 bridgehead atoms. The van der Waals surface area contributed by atoms with Crippen LogP contribution in [0.3, 0.4) is 0 Å². The van der Waals surface area contributed by atoms with E-state index in [1.807, 2.05) is 24.3 Å². The highest BCUT2D eigenvalue weighted by Crippen LogP contribution is 2.25. The van der Waals surface area contributed by atoms with E-state index >= 15 is 0 Å². The Morgan fingerprint density at radius 3 is 2.54 bits per heavy atom. The van der Waals surface area contributed by atoms with Gasteiger partial charge in [0, 0.05) is 12.1 Å². The molecule has 9 heteroatoms. The van der Waals surface area contributed by atoms with Crippen LogP contribution in [0, 0.1) is 5.82 Å². The van der Waals surface area contributed by atoms with Crippen molar-refractivity contribution in [3.63, 3.8) is 0 Å². The Morgan fingerprint density at radius 2 is 1.89 bits per heavy atom. The minimum Gasteiger partial charge on any atom is -0.497 e. The van der Waals surface area contributed by atoms with E-state index in [0.717, 1.165) is 11.3 Å². The quantitative estimate of drug-likeness (QED) is 0.467. The van der Waals surface area contributed by atoms with Crippen LogP contribution < -0.4 is 15.9 Å². The Kier molecular flexibility index (Phi) is 6.15. The Hall–Kier alpha value is -3.07. The highest BCUT2D eigenvalue weighted by Gasteiger charge is 2.19. The standard InChI is InChI=1S/C19H20FN5O2S/c1-12(18(26)22-11-13-3-9-16(27-2)10-4-13)28-19-24-23-17(25(19)21)14-5-7-15(20)8-6-14/h3-10,12H,11,21H2,1-2H3,(H,22,26). The molecule has 3 aromatic rings. The molecule has 1 unspecified atom stereocenters. The topological polar surface area (TPSA) is 95.1 Å². The third kappa shape index (κ3) is 4.61. The summed E-state index contributed by atoms with van der Waals surface area (Å²) in [6.45, 7) is 2.17. The van der Waals surface area contributed by atoms with Crippen LogP contribution in [-0.4, -0.2) is 33.1 Å². The summed E-state index contributed by atoms with van der Waals surface area (Å²) in [7, 11) is 1.60. The summed E-state index contributed by atoms with van der Waals surface area (Å²) in [4.78, 5) is 12.4. The summed E-state index contributed by atoms with van der Waals surface area (Å²) in [5.41, 5.74) is 1.60. The number of thioether (sulfide) groups is 1. The van der Waals surface area contributed by atoms with Crippen molar-refractivity contribution in [1.29, 1.82) is 0 Å². The van der Waals surface area contributed by atoms with Crippen molar-refractivity contribution in [3.8, 4) is 17.1 Å². The molecule has 0 fully saturated rings. The molecule has 7 nitrogen and oxygen atoms in total. The number of carbonyl (C=O) groups is 1. The lowest BCUT2D eigenvalue weighted by Crippen LogP contribution is -2.30. The zero-order valence-corrected chi connectivity index (χ0v) is 16.2. The van der Waals surface area contributed by atoms with Gasteiger partial charge in [0.15, 0.2) is 5.82 Å². The van der Waals surface area contributed by atoms with Crippen LogP contribution >= 0.6 is 11.8 Å². The molecule has 0 aliphatic carbocycles. The monoisotopic (exact) mass is 401 g/mol. The second-order valence-electron chi connectivity index (χ2n) is 6.01. The minimum absolute atomic E-state index is 0.146. The van der Waals surface area contributed by atoms with Gasteiger partial charge in [-0.2, -0.15) is 0 Å². The number of hydrogen-bond acceptors (Lipinski definition) is 6. The molecule has 1 atom stereocenters. The summed E-state index contributed by atoms with van der Waals surface area (Å²) in [5.74, 6) is 6.72. The van der Waals surface area contributed by atoms with E-state index in [1.165, 1.54) is 28.6 Å². The largest absolute Gasteiger partial charge is 0.497 e. The van der Waals surface area contributed by atoms with Crippen LogP contribution in [0.2, 0.25) is 0 Å². The predicted molar refractivity (Wildman–Crippen MR) is 106 cm³/mol. The van der Waals surface area contributed by atoms with Crippen LogP contribution in [0.5, 0.6) is 5.75 Å². The summed E-state index contributed by atoms with van der Waals surface area (Å²) >= 11 is 1.20. The maximum absolute atomic E-state index is 13.1. The fourth-order valence-corrected chi connectivity index (χ4v) is 3.24. The number of nitrogens with zero attached hydrogens (tertiary/aromatic N) is 3. The van der Waals surface area contributed by atoms with E-state index in [4.69, 9.17) is 10.6 Å². The number of rotatable bonds is 7. The molecule has 3 rings (SSSR count). The number of aromatic nitrogens is 3. The first-order valence-corrected chi connectivity index (χ1v) is 9.39. The number of benzene rings is 2. The van der Waals surface area contributed by atoms with Crippen molar-refractivity contribution in [2.45, 2.75) is 23.9 Å². The summed E-state index contributed by atoms with van der Waals surface area (Å²) in [6, 6.07) is 13.3. The molecular weight excluding hydrogens is 381 g/mol. The van der Waals surface area contributed by atoms with E-state index in [9.17, 15) is 9.18 Å². The fraction of sp³-hybridized carbons (Fsp3) is 0.211. The van der Waals surface area contributed by atoms with E-state index in [1.54, 1.807) is 26.2 Å². The van der Waals surface area contributed by atoms with Gasteiger partial charge in [0.25, 0.3) is 0 Å². The van der Waals surface area contributed by atoms with Crippen molar-refractivity contribution in [2.24, 2.45) is 0 Å². The number of hydrogen-bond donors (Lipinski definition) is 2. The lowest BCUT2D eigenvalue weighted by atomic mass is 10.2. The Labute approximate surface area is 166 Å². The molecule has 0 radical (unpaired) electrons. The molecule has 0 aliphatic heterocycles. The zero-order valence-electron chi connectivity index (χ0n) is 15.4. The fourth-order valence-electron chi connectivity index (χ4n) is 2.44. The SMILES string of the molecule is COc1ccc(CNC(=O)C(C)Sc2nnc(-c3ccc(F)cc3)n2N)cc1. The maximum atomic E-state index is 13.1. The first kappa shape index (κ1) is 19.7. The smallest absolute Gasteiger partial charge is 0.233 e. The predicted octanol–water partition coefficient (Wildman–Crippen LogP) is 2.60. The maximum Gasteiger partial charge on any atom is 0.233 e. The first-order chi connectivity index (χ1) is 13.5. The van der Waals surface area contributed by atoms with Crippen molar-refractivity contribution >= 4 is 17.7 Å². The van der Waals surface area contributed by atoms with Gasteiger partial charge in [-0.1, -0.05) is 23.9 Å². The lowest BCUT2D eigenvalue weighted by Gasteiger charge is -2.12. The molecule has 0 spiro atoms. The number of halogens is 1. The number of amides is 1. The molecule has 2 aromatic carbocycles. The number of methoxy groups -OCH3 is 1. The van der Waals surface area contributed by atoms with Crippen molar-refractivity contribution in [2.75, 3.05) is 13.0 Å². The van der Waals surface area contributed by atoms with Gasteiger partial charge in [0.05, 0.1) is 12.4 Å². The van der Waals surface area contributed by atoms with Gasteiger partial charge in [0.1, 0.15) is 11.6 Å². The van der Waals surface area contributed by atoms with Gasteiger partial charge < -0.3 is 15.9 Å². The number of nitrogens with one attached hydrogen (secondary N) is 1. The Morgan fingerprint density at radius 1 is 1.21 bits per heavy atom. The van der Waals surface area contributed by atoms with Gasteiger partial charge in [-0.05, 0) is 48.9 Å². The number of carbonyl (C=O) groups excluding carboxylic acids is 1.